The van der Waals surface area contributed by atoms with Crippen LogP contribution in [-0.4, -0.2) is 35.1 Å². The van der Waals surface area contributed by atoms with E-state index in [1.165, 1.54) is 12.1 Å². The van der Waals surface area contributed by atoms with Gasteiger partial charge in [0.1, 0.15) is 0 Å². The molecular weight excluding hydrogens is 220 g/mol. The third kappa shape index (κ3) is 2.75. The molecule has 5 nitrogen and oxygen atoms in total. The Morgan fingerprint density at radius 1 is 1.41 bits per heavy atom. The predicted molar refractivity (Wildman–Crippen MR) is 63.2 cm³/mol. The average Bonchev–Trinajstić information content (AvgIpc) is 3.12. The largest absolute Gasteiger partial charge is 0.478 e. The molecule has 1 aliphatic carbocycles. The van der Waals surface area contributed by atoms with Crippen LogP contribution in [0.1, 0.15) is 23.2 Å². The number of carboxylic acids is 1. The molecule has 2 rings (SSSR count). The summed E-state index contributed by atoms with van der Waals surface area (Å²) in [4.78, 5) is 24.2. The number of amides is 2. The molecule has 0 radical (unpaired) electrons. The van der Waals surface area contributed by atoms with Crippen molar-refractivity contribution >= 4 is 17.7 Å². The summed E-state index contributed by atoms with van der Waals surface area (Å²) in [6, 6.07) is 6.35. The highest BCUT2D eigenvalue weighted by Crippen LogP contribution is 2.25. The predicted octanol–water partition coefficient (Wildman–Crippen LogP) is 2.01. The van der Waals surface area contributed by atoms with Crippen LogP contribution in [0.2, 0.25) is 0 Å². The number of carbonyl (C=O) groups excluding carboxylic acids is 1. The molecule has 90 valence electrons. The molecular formula is C12H14N2O3. The van der Waals surface area contributed by atoms with E-state index >= 15 is 0 Å². The van der Waals surface area contributed by atoms with Crippen molar-refractivity contribution in [3.05, 3.63) is 29.8 Å². The van der Waals surface area contributed by atoms with Crippen molar-refractivity contribution in [3.8, 4) is 0 Å². The first-order valence-electron chi connectivity index (χ1n) is 5.45. The Morgan fingerprint density at radius 3 is 2.71 bits per heavy atom. The minimum absolute atomic E-state index is 0.164. The summed E-state index contributed by atoms with van der Waals surface area (Å²) in [7, 11) is 1.74. The lowest BCUT2D eigenvalue weighted by atomic mass is 10.2. The summed E-state index contributed by atoms with van der Waals surface area (Å²) in [6.07, 6.45) is 2.08. The van der Waals surface area contributed by atoms with Crippen LogP contribution in [0.4, 0.5) is 10.5 Å². The fourth-order valence-corrected chi connectivity index (χ4v) is 1.57. The number of rotatable bonds is 3. The average molecular weight is 234 g/mol. The Balaban J connectivity index is 2.04. The molecule has 0 aromatic heterocycles. The van der Waals surface area contributed by atoms with Gasteiger partial charge in [0.2, 0.25) is 0 Å². The number of carbonyl (C=O) groups is 2. The Labute approximate surface area is 99.0 Å². The maximum Gasteiger partial charge on any atom is 0.335 e. The van der Waals surface area contributed by atoms with E-state index in [9.17, 15) is 9.59 Å². The number of anilines is 1. The molecule has 0 unspecified atom stereocenters. The molecule has 0 atom stereocenters. The molecule has 1 aliphatic rings. The van der Waals surface area contributed by atoms with E-state index in [0.717, 1.165) is 12.8 Å². The van der Waals surface area contributed by atoms with Crippen LogP contribution in [0.3, 0.4) is 0 Å². The van der Waals surface area contributed by atoms with Gasteiger partial charge in [-0.1, -0.05) is 6.07 Å². The SMILES string of the molecule is CN(C(=O)Nc1cccc(C(=O)O)c1)C1CC1. The smallest absolute Gasteiger partial charge is 0.335 e. The van der Waals surface area contributed by atoms with E-state index < -0.39 is 5.97 Å². The Morgan fingerprint density at radius 2 is 2.12 bits per heavy atom. The summed E-state index contributed by atoms with van der Waals surface area (Å²) in [6.45, 7) is 0. The maximum atomic E-state index is 11.7. The van der Waals surface area contributed by atoms with Crippen molar-refractivity contribution < 1.29 is 14.7 Å². The van der Waals surface area contributed by atoms with Gasteiger partial charge in [-0.05, 0) is 31.0 Å². The Bertz CT molecular complexity index is 455. The summed E-state index contributed by atoms with van der Waals surface area (Å²) in [5, 5.41) is 11.5. The first-order valence-corrected chi connectivity index (χ1v) is 5.45. The highest BCUT2D eigenvalue weighted by Gasteiger charge is 2.29. The van der Waals surface area contributed by atoms with Crippen LogP contribution in [0.5, 0.6) is 0 Å². The Kier molecular flexibility index (Phi) is 2.99. The van der Waals surface area contributed by atoms with E-state index in [2.05, 4.69) is 5.32 Å². The van der Waals surface area contributed by atoms with Gasteiger partial charge in [0.25, 0.3) is 0 Å². The zero-order valence-corrected chi connectivity index (χ0v) is 9.51. The molecule has 1 fully saturated rings. The van der Waals surface area contributed by atoms with Crippen LogP contribution in [0, 0.1) is 0 Å². The second kappa shape index (κ2) is 4.45. The molecule has 17 heavy (non-hydrogen) atoms. The number of carboxylic acid groups (broad SMARTS) is 1. The third-order valence-electron chi connectivity index (χ3n) is 2.78. The number of hydrogen-bond donors (Lipinski definition) is 2. The van der Waals surface area contributed by atoms with Crippen LogP contribution >= 0.6 is 0 Å². The van der Waals surface area contributed by atoms with E-state index in [-0.39, 0.29) is 11.6 Å². The lowest BCUT2D eigenvalue weighted by Gasteiger charge is -2.17. The lowest BCUT2D eigenvalue weighted by molar-refractivity contribution is 0.0697. The van der Waals surface area contributed by atoms with Crippen molar-refractivity contribution in [3.63, 3.8) is 0 Å². The van der Waals surface area contributed by atoms with Gasteiger partial charge in [-0.15, -0.1) is 0 Å². The van der Waals surface area contributed by atoms with Crippen LogP contribution in [-0.2, 0) is 0 Å². The second-order valence-electron chi connectivity index (χ2n) is 4.16. The molecule has 0 saturated heterocycles. The molecule has 0 bridgehead atoms. The minimum atomic E-state index is -1.00. The molecule has 1 aromatic carbocycles. The molecule has 0 aliphatic heterocycles. The van der Waals surface area contributed by atoms with Gasteiger partial charge in [-0.2, -0.15) is 0 Å². The van der Waals surface area contributed by atoms with Gasteiger partial charge in [0.05, 0.1) is 5.56 Å². The van der Waals surface area contributed by atoms with Crippen molar-refractivity contribution in [1.29, 1.82) is 0 Å². The number of hydrogen-bond acceptors (Lipinski definition) is 2. The van der Waals surface area contributed by atoms with Gasteiger partial charge < -0.3 is 15.3 Å². The molecule has 1 aromatic rings. The van der Waals surface area contributed by atoms with E-state index in [4.69, 9.17) is 5.11 Å². The third-order valence-corrected chi connectivity index (χ3v) is 2.78. The van der Waals surface area contributed by atoms with Crippen molar-refractivity contribution in [2.75, 3.05) is 12.4 Å². The van der Waals surface area contributed by atoms with E-state index in [0.29, 0.717) is 11.7 Å². The quantitative estimate of drug-likeness (QED) is 0.840. The molecule has 1 saturated carbocycles. The highest BCUT2D eigenvalue weighted by molar-refractivity contribution is 5.93. The summed E-state index contributed by atoms with van der Waals surface area (Å²) in [5.41, 5.74) is 0.666. The van der Waals surface area contributed by atoms with Gasteiger partial charge in [-0.25, -0.2) is 9.59 Å². The topological polar surface area (TPSA) is 69.6 Å². The molecule has 2 amide bonds. The molecule has 0 spiro atoms. The van der Waals surface area contributed by atoms with E-state index in [1.54, 1.807) is 24.1 Å². The van der Waals surface area contributed by atoms with Crippen LogP contribution < -0.4 is 5.32 Å². The zero-order valence-electron chi connectivity index (χ0n) is 9.51. The molecule has 0 heterocycles. The van der Waals surface area contributed by atoms with E-state index in [1.807, 2.05) is 0 Å². The van der Waals surface area contributed by atoms with Crippen LogP contribution in [0.15, 0.2) is 24.3 Å². The fourth-order valence-electron chi connectivity index (χ4n) is 1.57. The highest BCUT2D eigenvalue weighted by atomic mass is 16.4. The van der Waals surface area contributed by atoms with Gasteiger partial charge in [0.15, 0.2) is 0 Å². The second-order valence-corrected chi connectivity index (χ2v) is 4.16. The van der Waals surface area contributed by atoms with Crippen molar-refractivity contribution in [1.82, 2.24) is 4.90 Å². The molecule has 5 heteroatoms. The van der Waals surface area contributed by atoms with Gasteiger partial charge in [0, 0.05) is 18.8 Å². The monoisotopic (exact) mass is 234 g/mol. The summed E-state index contributed by atoms with van der Waals surface area (Å²) >= 11 is 0. The first-order chi connectivity index (χ1) is 8.08. The number of aromatic carboxylic acids is 1. The molecule has 2 N–H and O–H groups in total. The van der Waals surface area contributed by atoms with Crippen molar-refractivity contribution in [2.45, 2.75) is 18.9 Å². The number of nitrogens with zero attached hydrogens (tertiary/aromatic N) is 1. The zero-order chi connectivity index (χ0) is 12.4. The Hall–Kier alpha value is -2.04. The number of nitrogens with one attached hydrogen (secondary N) is 1. The first kappa shape index (κ1) is 11.4. The fraction of sp³-hybridized carbons (Fsp3) is 0.333. The van der Waals surface area contributed by atoms with Gasteiger partial charge >= 0.3 is 12.0 Å². The lowest BCUT2D eigenvalue weighted by Crippen LogP contribution is -2.33. The summed E-state index contributed by atoms with van der Waals surface area (Å²) < 4.78 is 0. The minimum Gasteiger partial charge on any atom is -0.478 e. The number of urea groups is 1. The van der Waals surface area contributed by atoms with Crippen LogP contribution in [0.25, 0.3) is 0 Å². The standard InChI is InChI=1S/C12H14N2O3/c1-14(10-5-6-10)12(17)13-9-4-2-3-8(7-9)11(15)16/h2-4,7,10H,5-6H2,1H3,(H,13,17)(H,15,16). The van der Waals surface area contributed by atoms with Gasteiger partial charge in [-0.3, -0.25) is 0 Å². The number of benzene rings is 1. The maximum absolute atomic E-state index is 11.7. The van der Waals surface area contributed by atoms with Crippen molar-refractivity contribution in [2.24, 2.45) is 0 Å². The summed E-state index contributed by atoms with van der Waals surface area (Å²) in [5.74, 6) is -1.00. The normalized spacial score (nSPS) is 14.2.